The van der Waals surface area contributed by atoms with E-state index in [0.29, 0.717) is 0 Å². The zero-order chi connectivity index (χ0) is 33.4. The van der Waals surface area contributed by atoms with Crippen LogP contribution in [0.3, 0.4) is 0 Å². The zero-order valence-corrected chi connectivity index (χ0v) is 28.2. The second-order valence-electron chi connectivity index (χ2n) is 12.1. The number of benzene rings is 5. The number of para-hydroxylation sites is 2. The van der Waals surface area contributed by atoms with Gasteiger partial charge in [0, 0.05) is 44.2 Å². The average molecular weight is 621 g/mol. The minimum Gasteiger partial charge on any atom is -0.312 e. The molecule has 0 bridgehead atoms. The van der Waals surface area contributed by atoms with E-state index in [0.717, 1.165) is 12.8 Å². The Morgan fingerprint density at radius 1 is 0.625 bits per heavy atom. The SMILES string of the molecule is C#C.C/C=C\c1c(C)c2ccc(C3=Cc4c(n5c6cc(-c7ccccc7)ccc6c6cccc4c65)CC3)cc2n1-c1ccccc1.CC. The molecule has 0 amide bonds. The summed E-state index contributed by atoms with van der Waals surface area (Å²) in [4.78, 5) is 0. The van der Waals surface area contributed by atoms with Crippen molar-refractivity contribution in [2.45, 2.75) is 40.5 Å². The van der Waals surface area contributed by atoms with Crippen molar-refractivity contribution in [3.8, 4) is 29.7 Å². The van der Waals surface area contributed by atoms with E-state index in [2.05, 4.69) is 169 Å². The molecule has 0 N–H and O–H groups in total. The van der Waals surface area contributed by atoms with Crippen molar-refractivity contribution in [2.75, 3.05) is 0 Å². The molecule has 3 aromatic heterocycles. The van der Waals surface area contributed by atoms with Gasteiger partial charge in [-0.3, -0.25) is 0 Å². The van der Waals surface area contributed by atoms with Crippen molar-refractivity contribution in [1.29, 1.82) is 0 Å². The van der Waals surface area contributed by atoms with Crippen LogP contribution in [0.2, 0.25) is 0 Å². The van der Waals surface area contributed by atoms with Crippen LogP contribution in [0.1, 0.15) is 55.3 Å². The van der Waals surface area contributed by atoms with E-state index in [1.54, 1.807) is 0 Å². The number of rotatable bonds is 4. The highest BCUT2D eigenvalue weighted by Gasteiger charge is 2.24. The summed E-state index contributed by atoms with van der Waals surface area (Å²) in [6.45, 7) is 8.34. The fraction of sp³-hybridized carbons (Fsp3) is 0.130. The van der Waals surface area contributed by atoms with Gasteiger partial charge in [-0.25, -0.2) is 0 Å². The number of fused-ring (bicyclic) bond motifs is 7. The van der Waals surface area contributed by atoms with Gasteiger partial charge in [-0.15, -0.1) is 12.8 Å². The number of aryl methyl sites for hydroxylation is 2. The lowest BCUT2D eigenvalue weighted by Gasteiger charge is -2.16. The summed E-state index contributed by atoms with van der Waals surface area (Å²) in [5, 5.41) is 5.34. The van der Waals surface area contributed by atoms with Gasteiger partial charge < -0.3 is 8.97 Å². The molecule has 0 saturated heterocycles. The third-order valence-electron chi connectivity index (χ3n) is 9.69. The quantitative estimate of drug-likeness (QED) is 0.173. The fourth-order valence-corrected chi connectivity index (χ4v) is 7.67. The largest absolute Gasteiger partial charge is 0.312 e. The minimum absolute atomic E-state index is 1.02. The first-order valence-electron chi connectivity index (χ1n) is 17.0. The molecular formula is C46H40N2. The maximum absolute atomic E-state index is 4.00. The molecule has 0 spiro atoms. The molecule has 0 unspecified atom stereocenters. The number of hydrogen-bond acceptors (Lipinski definition) is 0. The van der Waals surface area contributed by atoms with Crippen LogP contribution in [0.25, 0.3) is 72.6 Å². The molecule has 2 heteroatoms. The van der Waals surface area contributed by atoms with Crippen LogP contribution in [-0.2, 0) is 6.42 Å². The lowest BCUT2D eigenvalue weighted by molar-refractivity contribution is 0.938. The van der Waals surface area contributed by atoms with Crippen molar-refractivity contribution < 1.29 is 0 Å². The Hall–Kier alpha value is -5.78. The average Bonchev–Trinajstić information content (AvgIpc) is 3.78. The van der Waals surface area contributed by atoms with E-state index in [1.165, 1.54) is 88.6 Å². The topological polar surface area (TPSA) is 9.34 Å². The number of terminal acetylenes is 1. The van der Waals surface area contributed by atoms with E-state index < -0.39 is 0 Å². The molecule has 0 saturated carbocycles. The molecule has 0 aliphatic heterocycles. The number of aromatic nitrogens is 2. The molecule has 0 atom stereocenters. The Balaban J connectivity index is 0.000000880. The van der Waals surface area contributed by atoms with Crippen molar-refractivity contribution >= 4 is 55.8 Å². The number of hydrogen-bond donors (Lipinski definition) is 0. The maximum Gasteiger partial charge on any atom is 0.0617 e. The molecule has 1 aliphatic carbocycles. The third-order valence-corrected chi connectivity index (χ3v) is 9.69. The molecule has 0 radical (unpaired) electrons. The maximum atomic E-state index is 4.00. The monoisotopic (exact) mass is 620 g/mol. The normalized spacial score (nSPS) is 12.6. The Bertz CT molecular complexity index is 2480. The Kier molecular flexibility index (Phi) is 8.22. The van der Waals surface area contributed by atoms with Crippen LogP contribution in [0.4, 0.5) is 0 Å². The molecule has 234 valence electrons. The molecule has 5 aromatic carbocycles. The first-order valence-corrected chi connectivity index (χ1v) is 17.0. The van der Waals surface area contributed by atoms with E-state index >= 15 is 0 Å². The van der Waals surface area contributed by atoms with Crippen LogP contribution in [0.15, 0.2) is 121 Å². The predicted octanol–water partition coefficient (Wildman–Crippen LogP) is 12.4. The highest BCUT2D eigenvalue weighted by atomic mass is 15.0. The standard InChI is InChI=1S/C42H32N2.C2H6.C2H2/c1-3-11-38-27(2)33-21-18-31(26-40(33)43(38)32-14-8-5-9-15-32)29-20-23-39-37(24-29)36-17-10-16-35-34-22-19-30(28-12-6-4-7-13-28)25-41(34)44(39)42(35)36;2*1-2/h3-19,21-22,24-26H,20,23H2,1-2H3;1-2H3;1-2H/b11-3-;;. The summed E-state index contributed by atoms with van der Waals surface area (Å²) in [6, 6.07) is 42.4. The van der Waals surface area contributed by atoms with Crippen LogP contribution in [0, 0.1) is 19.8 Å². The molecule has 1 aliphatic rings. The summed E-state index contributed by atoms with van der Waals surface area (Å²) in [5.74, 6) is 0. The van der Waals surface area contributed by atoms with Gasteiger partial charge in [0.1, 0.15) is 0 Å². The molecule has 3 heterocycles. The lowest BCUT2D eigenvalue weighted by Crippen LogP contribution is -2.01. The second-order valence-corrected chi connectivity index (χ2v) is 12.1. The predicted molar refractivity (Wildman–Crippen MR) is 209 cm³/mol. The number of allylic oxidation sites excluding steroid dienone is 2. The van der Waals surface area contributed by atoms with Crippen LogP contribution in [0.5, 0.6) is 0 Å². The van der Waals surface area contributed by atoms with Gasteiger partial charge in [-0.1, -0.05) is 111 Å². The van der Waals surface area contributed by atoms with E-state index in [-0.39, 0.29) is 0 Å². The first-order chi connectivity index (χ1) is 23.7. The van der Waals surface area contributed by atoms with E-state index in [4.69, 9.17) is 0 Å². The van der Waals surface area contributed by atoms with Gasteiger partial charge in [0.05, 0.1) is 16.6 Å². The minimum atomic E-state index is 1.02. The van der Waals surface area contributed by atoms with E-state index in [9.17, 15) is 0 Å². The summed E-state index contributed by atoms with van der Waals surface area (Å²) >= 11 is 0. The highest BCUT2D eigenvalue weighted by Crippen LogP contribution is 2.43. The summed E-state index contributed by atoms with van der Waals surface area (Å²) in [6.07, 6.45) is 16.9. The number of nitrogens with zero attached hydrogens (tertiary/aromatic N) is 2. The van der Waals surface area contributed by atoms with Crippen LogP contribution in [-0.4, -0.2) is 8.97 Å². The molecule has 2 nitrogen and oxygen atoms in total. The fourth-order valence-electron chi connectivity index (χ4n) is 7.67. The van der Waals surface area contributed by atoms with Crippen molar-refractivity contribution in [2.24, 2.45) is 0 Å². The summed E-state index contributed by atoms with van der Waals surface area (Å²) in [7, 11) is 0. The van der Waals surface area contributed by atoms with Gasteiger partial charge in [0.15, 0.2) is 0 Å². The van der Waals surface area contributed by atoms with Crippen LogP contribution < -0.4 is 0 Å². The molecule has 9 rings (SSSR count). The van der Waals surface area contributed by atoms with Gasteiger partial charge in [-0.2, -0.15) is 0 Å². The molecule has 48 heavy (non-hydrogen) atoms. The van der Waals surface area contributed by atoms with Crippen LogP contribution >= 0.6 is 0 Å². The zero-order valence-electron chi connectivity index (χ0n) is 28.2. The Morgan fingerprint density at radius 3 is 2.04 bits per heavy atom. The molecule has 8 aromatic rings. The Morgan fingerprint density at radius 2 is 1.29 bits per heavy atom. The third kappa shape index (κ3) is 4.74. The highest BCUT2D eigenvalue weighted by molar-refractivity contribution is 6.18. The smallest absolute Gasteiger partial charge is 0.0617 e. The Labute approximate surface area is 283 Å². The van der Waals surface area contributed by atoms with Gasteiger partial charge in [0.25, 0.3) is 0 Å². The van der Waals surface area contributed by atoms with Gasteiger partial charge >= 0.3 is 0 Å². The second kappa shape index (κ2) is 12.8. The molecule has 0 fully saturated rings. The lowest BCUT2D eigenvalue weighted by atomic mass is 9.90. The van der Waals surface area contributed by atoms with Crippen molar-refractivity contribution in [1.82, 2.24) is 8.97 Å². The van der Waals surface area contributed by atoms with E-state index in [1.807, 2.05) is 13.8 Å². The first kappa shape index (κ1) is 30.9. The van der Waals surface area contributed by atoms with Crippen molar-refractivity contribution in [3.05, 3.63) is 149 Å². The summed E-state index contributed by atoms with van der Waals surface area (Å²) < 4.78 is 4.98. The summed E-state index contributed by atoms with van der Waals surface area (Å²) in [5.41, 5.74) is 15.7. The van der Waals surface area contributed by atoms with Crippen molar-refractivity contribution in [3.63, 3.8) is 0 Å². The van der Waals surface area contributed by atoms with Gasteiger partial charge in [0.2, 0.25) is 0 Å². The van der Waals surface area contributed by atoms with Gasteiger partial charge in [-0.05, 0) is 90.9 Å². The molecular weight excluding hydrogens is 581 g/mol.